The van der Waals surface area contributed by atoms with Crippen LogP contribution in [0.25, 0.3) is 0 Å². The lowest BCUT2D eigenvalue weighted by molar-refractivity contribution is -0.118. The van der Waals surface area contributed by atoms with E-state index in [1.807, 2.05) is 51.8 Å². The summed E-state index contributed by atoms with van der Waals surface area (Å²) in [5, 5.41) is 3.02. The molecule has 1 saturated heterocycles. The van der Waals surface area contributed by atoms with Crippen molar-refractivity contribution in [1.29, 1.82) is 0 Å². The summed E-state index contributed by atoms with van der Waals surface area (Å²) in [4.78, 5) is 19.1. The van der Waals surface area contributed by atoms with Gasteiger partial charge in [0.25, 0.3) is 5.91 Å². The molecule has 1 aromatic rings. The van der Waals surface area contributed by atoms with E-state index in [-0.39, 0.29) is 17.6 Å². The maximum absolute atomic E-state index is 12.8. The molecular formula is C16H25N3O2. The van der Waals surface area contributed by atoms with Gasteiger partial charge < -0.3 is 15.0 Å². The number of amides is 1. The molecule has 1 aliphatic heterocycles. The first-order chi connectivity index (χ1) is 9.84. The highest BCUT2D eigenvalue weighted by Crippen LogP contribution is 2.23. The number of carbonyl (C=O) groups is 1. The van der Waals surface area contributed by atoms with Gasteiger partial charge in [-0.05, 0) is 39.3 Å². The van der Waals surface area contributed by atoms with Gasteiger partial charge in [-0.15, -0.1) is 0 Å². The Hall–Kier alpha value is -1.62. The van der Waals surface area contributed by atoms with Crippen LogP contribution in [0.2, 0.25) is 0 Å². The van der Waals surface area contributed by atoms with Crippen LogP contribution in [-0.2, 0) is 11.2 Å². The van der Waals surface area contributed by atoms with Crippen molar-refractivity contribution >= 4 is 11.7 Å². The van der Waals surface area contributed by atoms with Crippen LogP contribution in [0.3, 0.4) is 0 Å². The van der Waals surface area contributed by atoms with Crippen molar-refractivity contribution in [1.82, 2.24) is 9.88 Å². The van der Waals surface area contributed by atoms with Crippen LogP contribution < -0.4 is 5.32 Å². The second kappa shape index (κ2) is 6.02. The fraction of sp³-hybridized carbons (Fsp3) is 0.625. The number of aromatic nitrogens is 1. The summed E-state index contributed by atoms with van der Waals surface area (Å²) in [7, 11) is 1.82. The van der Waals surface area contributed by atoms with Gasteiger partial charge in [0.2, 0.25) is 0 Å². The number of ether oxygens (including phenoxy) is 1. The van der Waals surface area contributed by atoms with Crippen molar-refractivity contribution in [3.8, 4) is 0 Å². The van der Waals surface area contributed by atoms with Crippen LogP contribution in [0.5, 0.6) is 0 Å². The number of pyridine rings is 1. The van der Waals surface area contributed by atoms with Crippen LogP contribution in [0.15, 0.2) is 12.1 Å². The van der Waals surface area contributed by atoms with Crippen molar-refractivity contribution in [2.75, 3.05) is 25.5 Å². The van der Waals surface area contributed by atoms with Gasteiger partial charge in [-0.1, -0.05) is 6.92 Å². The number of morpholine rings is 1. The normalized spacial score (nSPS) is 21.2. The first-order valence-electron chi connectivity index (χ1n) is 7.50. The predicted molar refractivity (Wildman–Crippen MR) is 83.7 cm³/mol. The molecule has 1 aliphatic rings. The Morgan fingerprint density at radius 2 is 2.24 bits per heavy atom. The minimum absolute atomic E-state index is 0.0480. The summed E-state index contributed by atoms with van der Waals surface area (Å²) in [6, 6.07) is 3.70. The number of hydrogen-bond acceptors (Lipinski definition) is 4. The second-order valence-corrected chi connectivity index (χ2v) is 6.21. The van der Waals surface area contributed by atoms with Gasteiger partial charge in [-0.25, -0.2) is 4.98 Å². The SMILES string of the molecule is CCc1cc(C(=O)N2CC(C)OC(C)(C)C2)cc(NC)n1. The number of aryl methyl sites for hydroxylation is 1. The van der Waals surface area contributed by atoms with Crippen molar-refractivity contribution in [2.24, 2.45) is 0 Å². The van der Waals surface area contributed by atoms with Crippen LogP contribution in [-0.4, -0.2) is 47.6 Å². The number of rotatable bonds is 3. The molecule has 0 aliphatic carbocycles. The van der Waals surface area contributed by atoms with E-state index >= 15 is 0 Å². The Morgan fingerprint density at radius 1 is 1.52 bits per heavy atom. The Kier molecular flexibility index (Phi) is 4.52. The van der Waals surface area contributed by atoms with E-state index in [2.05, 4.69) is 10.3 Å². The van der Waals surface area contributed by atoms with E-state index in [0.717, 1.165) is 17.9 Å². The molecule has 2 heterocycles. The maximum atomic E-state index is 12.8. The zero-order valence-electron chi connectivity index (χ0n) is 13.6. The summed E-state index contributed by atoms with van der Waals surface area (Å²) < 4.78 is 5.86. The summed E-state index contributed by atoms with van der Waals surface area (Å²) in [6.07, 6.45) is 0.856. The van der Waals surface area contributed by atoms with Gasteiger partial charge in [-0.3, -0.25) is 4.79 Å². The molecule has 1 fully saturated rings. The Labute approximate surface area is 126 Å². The third kappa shape index (κ3) is 3.73. The van der Waals surface area contributed by atoms with Gasteiger partial charge in [-0.2, -0.15) is 0 Å². The number of nitrogens with one attached hydrogen (secondary N) is 1. The van der Waals surface area contributed by atoms with E-state index in [0.29, 0.717) is 18.7 Å². The van der Waals surface area contributed by atoms with E-state index < -0.39 is 0 Å². The number of hydrogen-bond donors (Lipinski definition) is 1. The molecule has 0 spiro atoms. The first kappa shape index (κ1) is 15.8. The Bertz CT molecular complexity index is 506. The standard InChI is InChI=1S/C16H25N3O2/c1-6-13-7-12(8-14(17-5)18-13)15(20)19-9-11(2)21-16(3,4)10-19/h7-8,11H,6,9-10H2,1-5H3,(H,17,18). The third-order valence-corrected chi connectivity index (χ3v) is 3.60. The number of carbonyl (C=O) groups excluding carboxylic acids is 1. The number of anilines is 1. The van der Waals surface area contributed by atoms with E-state index in [9.17, 15) is 4.79 Å². The third-order valence-electron chi connectivity index (χ3n) is 3.60. The quantitative estimate of drug-likeness (QED) is 0.928. The van der Waals surface area contributed by atoms with Gasteiger partial charge in [0.15, 0.2) is 0 Å². The van der Waals surface area contributed by atoms with Crippen LogP contribution in [0.1, 0.15) is 43.7 Å². The van der Waals surface area contributed by atoms with Crippen LogP contribution in [0.4, 0.5) is 5.82 Å². The monoisotopic (exact) mass is 291 g/mol. The molecule has 2 rings (SSSR count). The zero-order chi connectivity index (χ0) is 15.6. The molecule has 5 nitrogen and oxygen atoms in total. The van der Waals surface area contributed by atoms with Crippen molar-refractivity contribution in [3.05, 3.63) is 23.4 Å². The molecule has 1 atom stereocenters. The average molecular weight is 291 g/mol. The topological polar surface area (TPSA) is 54.5 Å². The highest BCUT2D eigenvalue weighted by Gasteiger charge is 2.34. The summed E-state index contributed by atoms with van der Waals surface area (Å²) in [5.41, 5.74) is 1.31. The largest absolute Gasteiger partial charge is 0.373 e. The van der Waals surface area contributed by atoms with Crippen molar-refractivity contribution < 1.29 is 9.53 Å². The highest BCUT2D eigenvalue weighted by atomic mass is 16.5. The molecular weight excluding hydrogens is 266 g/mol. The molecule has 0 bridgehead atoms. The van der Waals surface area contributed by atoms with Crippen LogP contribution in [0, 0.1) is 0 Å². The predicted octanol–water partition coefficient (Wildman–Crippen LogP) is 2.33. The molecule has 0 radical (unpaired) electrons. The number of nitrogens with zero attached hydrogens (tertiary/aromatic N) is 2. The van der Waals surface area contributed by atoms with Gasteiger partial charge in [0.05, 0.1) is 11.7 Å². The van der Waals surface area contributed by atoms with Crippen molar-refractivity contribution in [3.63, 3.8) is 0 Å². The molecule has 21 heavy (non-hydrogen) atoms. The molecule has 1 unspecified atom stereocenters. The van der Waals surface area contributed by atoms with Gasteiger partial charge in [0.1, 0.15) is 5.82 Å². The van der Waals surface area contributed by atoms with Crippen molar-refractivity contribution in [2.45, 2.75) is 45.8 Å². The molecule has 0 saturated carbocycles. The van der Waals surface area contributed by atoms with Gasteiger partial charge in [0, 0.05) is 31.4 Å². The maximum Gasteiger partial charge on any atom is 0.254 e. The zero-order valence-corrected chi connectivity index (χ0v) is 13.6. The summed E-state index contributed by atoms with van der Waals surface area (Å²) in [6.45, 7) is 9.31. The summed E-state index contributed by atoms with van der Waals surface area (Å²) >= 11 is 0. The Balaban J connectivity index is 2.27. The molecule has 5 heteroatoms. The van der Waals surface area contributed by atoms with E-state index in [4.69, 9.17) is 4.74 Å². The van der Waals surface area contributed by atoms with Gasteiger partial charge >= 0.3 is 0 Å². The van der Waals surface area contributed by atoms with Crippen LogP contribution >= 0.6 is 0 Å². The molecule has 1 N–H and O–H groups in total. The van der Waals surface area contributed by atoms with E-state index in [1.165, 1.54) is 0 Å². The fourth-order valence-corrected chi connectivity index (χ4v) is 2.81. The summed E-state index contributed by atoms with van der Waals surface area (Å²) in [5.74, 6) is 0.782. The average Bonchev–Trinajstić information content (AvgIpc) is 2.43. The minimum Gasteiger partial charge on any atom is -0.373 e. The van der Waals surface area contributed by atoms with E-state index in [1.54, 1.807) is 0 Å². The lowest BCUT2D eigenvalue weighted by Crippen LogP contribution is -2.53. The highest BCUT2D eigenvalue weighted by molar-refractivity contribution is 5.95. The molecule has 116 valence electrons. The lowest BCUT2D eigenvalue weighted by Gasteiger charge is -2.41. The smallest absolute Gasteiger partial charge is 0.254 e. The second-order valence-electron chi connectivity index (χ2n) is 6.21. The Morgan fingerprint density at radius 3 is 2.81 bits per heavy atom. The molecule has 0 aromatic carbocycles. The lowest BCUT2D eigenvalue weighted by atomic mass is 10.0. The first-order valence-corrected chi connectivity index (χ1v) is 7.50. The molecule has 1 aromatic heterocycles. The molecule has 1 amide bonds. The minimum atomic E-state index is -0.306. The fourth-order valence-electron chi connectivity index (χ4n) is 2.81.